The molecule has 0 radical (unpaired) electrons. The highest BCUT2D eigenvalue weighted by atomic mass is 32.1. The molecule has 0 aliphatic carbocycles. The van der Waals surface area contributed by atoms with E-state index in [1.807, 2.05) is 0 Å². The Balaban J connectivity index is 1.69. The summed E-state index contributed by atoms with van der Waals surface area (Å²) >= 11 is 1.39. The topological polar surface area (TPSA) is 42.4 Å². The molecule has 1 aliphatic rings. The second-order valence-corrected chi connectivity index (χ2v) is 6.23. The van der Waals surface area contributed by atoms with Gasteiger partial charge in [-0.15, -0.1) is 11.3 Å². The summed E-state index contributed by atoms with van der Waals surface area (Å²) in [7, 11) is 1.64. The van der Waals surface area contributed by atoms with Crippen molar-refractivity contribution < 1.29 is 13.9 Å². The molecule has 1 saturated heterocycles. The van der Waals surface area contributed by atoms with Crippen LogP contribution in [0, 0.1) is 5.82 Å². The van der Waals surface area contributed by atoms with Crippen LogP contribution < -0.4 is 0 Å². The maximum absolute atomic E-state index is 13.7. The summed E-state index contributed by atoms with van der Waals surface area (Å²) in [5, 5.41) is 2.50. The van der Waals surface area contributed by atoms with Crippen LogP contribution in [0.5, 0.6) is 0 Å². The van der Waals surface area contributed by atoms with E-state index in [1.54, 1.807) is 35.6 Å². The van der Waals surface area contributed by atoms with Gasteiger partial charge in [-0.1, -0.05) is 18.2 Å². The van der Waals surface area contributed by atoms with Gasteiger partial charge in [-0.25, -0.2) is 9.37 Å². The van der Waals surface area contributed by atoms with Crippen LogP contribution in [0.25, 0.3) is 0 Å². The molecule has 1 amide bonds. The molecule has 0 spiro atoms. The van der Waals surface area contributed by atoms with Gasteiger partial charge in [0.05, 0.1) is 17.7 Å². The van der Waals surface area contributed by atoms with Crippen LogP contribution in [0.4, 0.5) is 4.39 Å². The van der Waals surface area contributed by atoms with Gasteiger partial charge in [-0.3, -0.25) is 4.79 Å². The van der Waals surface area contributed by atoms with Crippen LogP contribution in [0.3, 0.4) is 0 Å². The van der Waals surface area contributed by atoms with Crippen LogP contribution in [0.15, 0.2) is 29.6 Å². The van der Waals surface area contributed by atoms with Crippen LogP contribution in [-0.2, 0) is 11.2 Å². The molecule has 1 unspecified atom stereocenters. The third-order valence-electron chi connectivity index (χ3n) is 3.83. The second-order valence-electron chi connectivity index (χ2n) is 5.29. The summed E-state index contributed by atoms with van der Waals surface area (Å²) < 4.78 is 18.8. The van der Waals surface area contributed by atoms with E-state index in [2.05, 4.69) is 4.98 Å². The van der Waals surface area contributed by atoms with Gasteiger partial charge in [-0.05, 0) is 18.1 Å². The number of halogens is 1. The fraction of sp³-hybridized carbons (Fsp3) is 0.375. The van der Waals surface area contributed by atoms with E-state index in [-0.39, 0.29) is 17.8 Å². The van der Waals surface area contributed by atoms with Gasteiger partial charge in [0.1, 0.15) is 11.5 Å². The second kappa shape index (κ2) is 6.54. The molecule has 2 heterocycles. The fourth-order valence-corrected chi connectivity index (χ4v) is 3.31. The molecule has 1 atom stereocenters. The average Bonchev–Trinajstić information content (AvgIpc) is 2.95. The molecule has 116 valence electrons. The van der Waals surface area contributed by atoms with E-state index in [0.717, 1.165) is 18.0 Å². The van der Waals surface area contributed by atoms with Crippen molar-refractivity contribution in [3.8, 4) is 0 Å². The standard InChI is InChI=1S/C16H17FN2O2S/c1-21-9-12-6-7-19(12)16(20)14-10-22-15(18-14)8-11-4-2-3-5-13(11)17/h2-5,10,12H,6-9H2,1H3. The number of amides is 1. The summed E-state index contributed by atoms with van der Waals surface area (Å²) in [5.74, 6) is -0.308. The lowest BCUT2D eigenvalue weighted by molar-refractivity contribution is 0.0197. The van der Waals surface area contributed by atoms with Crippen LogP contribution >= 0.6 is 11.3 Å². The molecule has 2 aromatic rings. The summed E-state index contributed by atoms with van der Waals surface area (Å²) in [4.78, 5) is 18.5. The molecule has 3 rings (SSSR count). The smallest absolute Gasteiger partial charge is 0.273 e. The Labute approximate surface area is 132 Å². The highest BCUT2D eigenvalue weighted by molar-refractivity contribution is 7.09. The molecular formula is C16H17FN2O2S. The van der Waals surface area contributed by atoms with Crippen molar-refractivity contribution in [2.75, 3.05) is 20.3 Å². The first kappa shape index (κ1) is 15.1. The lowest BCUT2D eigenvalue weighted by Crippen LogP contribution is -2.53. The van der Waals surface area contributed by atoms with E-state index >= 15 is 0 Å². The number of nitrogens with zero attached hydrogens (tertiary/aromatic N) is 2. The van der Waals surface area contributed by atoms with Crippen molar-refractivity contribution in [2.45, 2.75) is 18.9 Å². The summed E-state index contributed by atoms with van der Waals surface area (Å²) in [6, 6.07) is 6.78. The number of aromatic nitrogens is 1. The number of likely N-dealkylation sites (tertiary alicyclic amines) is 1. The van der Waals surface area contributed by atoms with Crippen molar-refractivity contribution >= 4 is 17.2 Å². The van der Waals surface area contributed by atoms with Gasteiger partial charge in [0.25, 0.3) is 5.91 Å². The molecule has 4 nitrogen and oxygen atoms in total. The van der Waals surface area contributed by atoms with Gasteiger partial charge >= 0.3 is 0 Å². The number of hydrogen-bond donors (Lipinski definition) is 0. The Morgan fingerprint density at radius 3 is 3.00 bits per heavy atom. The first-order valence-electron chi connectivity index (χ1n) is 7.16. The number of hydrogen-bond acceptors (Lipinski definition) is 4. The number of rotatable bonds is 5. The van der Waals surface area contributed by atoms with Gasteiger partial charge in [0, 0.05) is 25.5 Å². The Morgan fingerprint density at radius 2 is 2.32 bits per heavy atom. The third kappa shape index (κ3) is 3.03. The summed E-state index contributed by atoms with van der Waals surface area (Å²) in [6.07, 6.45) is 1.37. The average molecular weight is 320 g/mol. The van der Waals surface area contributed by atoms with Gasteiger partial charge in [0.2, 0.25) is 0 Å². The molecular weight excluding hydrogens is 303 g/mol. The van der Waals surface area contributed by atoms with Crippen LogP contribution in [-0.4, -0.2) is 42.1 Å². The number of thiazole rings is 1. The minimum absolute atomic E-state index is 0.0654. The molecule has 0 bridgehead atoms. The summed E-state index contributed by atoms with van der Waals surface area (Å²) in [6.45, 7) is 1.30. The van der Waals surface area contributed by atoms with E-state index in [4.69, 9.17) is 4.74 Å². The van der Waals surface area contributed by atoms with Crippen LogP contribution in [0.1, 0.15) is 27.5 Å². The van der Waals surface area contributed by atoms with E-state index in [1.165, 1.54) is 17.4 Å². The van der Waals surface area contributed by atoms with Gasteiger partial charge in [0.15, 0.2) is 0 Å². The molecule has 1 aromatic carbocycles. The third-order valence-corrected chi connectivity index (χ3v) is 4.68. The predicted molar refractivity (Wildman–Crippen MR) is 82.6 cm³/mol. The van der Waals surface area contributed by atoms with Gasteiger partial charge < -0.3 is 9.64 Å². The van der Waals surface area contributed by atoms with E-state index in [0.29, 0.717) is 24.3 Å². The predicted octanol–water partition coefficient (Wildman–Crippen LogP) is 2.73. The normalized spacial score (nSPS) is 17.4. The monoisotopic (exact) mass is 320 g/mol. The summed E-state index contributed by atoms with van der Waals surface area (Å²) in [5.41, 5.74) is 1.04. The zero-order valence-corrected chi connectivity index (χ0v) is 13.1. The molecule has 0 saturated carbocycles. The first-order valence-corrected chi connectivity index (χ1v) is 8.04. The zero-order valence-electron chi connectivity index (χ0n) is 12.3. The Kier molecular flexibility index (Phi) is 4.49. The van der Waals surface area contributed by atoms with Crippen molar-refractivity contribution in [1.29, 1.82) is 0 Å². The SMILES string of the molecule is COCC1CCN1C(=O)c1csc(Cc2ccccc2F)n1. The minimum Gasteiger partial charge on any atom is -0.383 e. The molecule has 1 aromatic heterocycles. The Bertz CT molecular complexity index is 674. The number of methoxy groups -OCH3 is 1. The highest BCUT2D eigenvalue weighted by Crippen LogP contribution is 2.23. The highest BCUT2D eigenvalue weighted by Gasteiger charge is 2.33. The van der Waals surface area contributed by atoms with E-state index in [9.17, 15) is 9.18 Å². The number of carbonyl (C=O) groups is 1. The minimum atomic E-state index is -0.242. The Hall–Kier alpha value is -1.79. The number of carbonyl (C=O) groups excluding carboxylic acids is 1. The van der Waals surface area contributed by atoms with Crippen molar-refractivity contribution in [2.24, 2.45) is 0 Å². The number of ether oxygens (including phenoxy) is 1. The molecule has 0 N–H and O–H groups in total. The first-order chi connectivity index (χ1) is 10.7. The quantitative estimate of drug-likeness (QED) is 0.851. The zero-order chi connectivity index (χ0) is 15.5. The van der Waals surface area contributed by atoms with Crippen molar-refractivity contribution in [1.82, 2.24) is 9.88 Å². The van der Waals surface area contributed by atoms with E-state index < -0.39 is 0 Å². The maximum atomic E-state index is 13.7. The van der Waals surface area contributed by atoms with Crippen molar-refractivity contribution in [3.05, 3.63) is 51.7 Å². The maximum Gasteiger partial charge on any atom is 0.273 e. The molecule has 6 heteroatoms. The van der Waals surface area contributed by atoms with Crippen molar-refractivity contribution in [3.63, 3.8) is 0 Å². The van der Waals surface area contributed by atoms with Gasteiger partial charge in [-0.2, -0.15) is 0 Å². The van der Waals surface area contributed by atoms with Crippen LogP contribution in [0.2, 0.25) is 0 Å². The fourth-order valence-electron chi connectivity index (χ4n) is 2.52. The molecule has 1 aliphatic heterocycles. The largest absolute Gasteiger partial charge is 0.383 e. The lowest BCUT2D eigenvalue weighted by atomic mass is 10.0. The number of benzene rings is 1. The molecule has 22 heavy (non-hydrogen) atoms. The molecule has 1 fully saturated rings. The lowest BCUT2D eigenvalue weighted by Gasteiger charge is -2.40. The Morgan fingerprint density at radius 1 is 1.50 bits per heavy atom.